The highest BCUT2D eigenvalue weighted by atomic mass is 16.5. The molecule has 18 rings (SSSR count). The van der Waals surface area contributed by atoms with Crippen molar-refractivity contribution < 1.29 is 38.1 Å². The van der Waals surface area contributed by atoms with Crippen LogP contribution in [-0.2, 0) is 0 Å². The lowest BCUT2D eigenvalue weighted by atomic mass is 9.79. The summed E-state index contributed by atoms with van der Waals surface area (Å²) in [6.45, 7) is 22.5. The van der Waals surface area contributed by atoms with Crippen LogP contribution in [0.4, 0.5) is 0 Å². The standard InChI is InChI=1S/C127H154N2O8/c1-10-18-26-34-42-50-75-134-105-79-101-116-102(125(131)128(124(101)130)84(55-46-38-30-22-14-5)56-47-39-31-23-15-6)80-106(135-76-51-43-35-27-19-11-2)119-98-72-69-89(109-83(9)61-62-97(114(98)109)118(105)122(116)119)86-63-64-90-92-66-68-94-96-71-74-100-115-99(73-70-95(113(96)115)93-67-65-91(111(92)112(93)94)88-60-54-59-87(86)110(88)90)120-107(136-77-52-44-36-28-20-12-3)81-103-117-104(82-108(121(100)123(117)120)137-78-53-45-37-29-21-13-4)127(133)129(126(103)132)85(57-48-40-32-24-16-7)58-49-41-33-25-17-8/h54,59-74,79-82,84-85H,10-53,55-58,75-78H2,1-9H3. The third kappa shape index (κ3) is 18.9. The van der Waals surface area contributed by atoms with Crippen LogP contribution in [0.2, 0.25) is 0 Å². The number of carbonyl (C=O) groups excluding carboxylic acids is 4. The van der Waals surface area contributed by atoms with Crippen LogP contribution in [0.25, 0.3) is 162 Å². The summed E-state index contributed by atoms with van der Waals surface area (Å²) in [6.07, 6.45) is 52.4. The van der Waals surface area contributed by atoms with E-state index < -0.39 is 0 Å². The van der Waals surface area contributed by atoms with E-state index in [4.69, 9.17) is 18.9 Å². The van der Waals surface area contributed by atoms with Crippen molar-refractivity contribution in [1.29, 1.82) is 0 Å². The number of hydrogen-bond acceptors (Lipinski definition) is 8. The lowest BCUT2D eigenvalue weighted by molar-refractivity contribution is 0.0501. The Kier molecular flexibility index (Phi) is 32.0. The van der Waals surface area contributed by atoms with Gasteiger partial charge in [-0.15, -0.1) is 0 Å². The molecule has 137 heavy (non-hydrogen) atoms. The highest BCUT2D eigenvalue weighted by molar-refractivity contribution is 6.49. The van der Waals surface area contributed by atoms with Crippen LogP contribution in [0.15, 0.2) is 127 Å². The number of aryl methyl sites for hydroxylation is 1. The van der Waals surface area contributed by atoms with Gasteiger partial charge in [0.2, 0.25) is 0 Å². The number of imide groups is 2. The maximum Gasteiger partial charge on any atom is 0.261 e. The van der Waals surface area contributed by atoms with Crippen LogP contribution < -0.4 is 18.9 Å². The molecule has 0 atom stereocenters. The molecule has 2 aliphatic rings. The van der Waals surface area contributed by atoms with E-state index in [9.17, 15) is 0 Å². The van der Waals surface area contributed by atoms with E-state index in [1.807, 2.05) is 0 Å². The number of ether oxygens (including phenoxy) is 4. The average molecular weight is 1840 g/mol. The fraction of sp³-hybridized carbons (Fsp3) is 0.496. The molecule has 720 valence electrons. The minimum atomic E-state index is -0.215. The molecule has 0 aromatic heterocycles. The first-order valence-electron chi connectivity index (χ1n) is 55.4. The van der Waals surface area contributed by atoms with Crippen molar-refractivity contribution in [1.82, 2.24) is 9.80 Å². The molecule has 2 heterocycles. The Hall–Kier alpha value is -10.3. The van der Waals surface area contributed by atoms with Crippen molar-refractivity contribution in [3.05, 3.63) is 155 Å². The van der Waals surface area contributed by atoms with Gasteiger partial charge in [0.15, 0.2) is 0 Å². The minimum Gasteiger partial charge on any atom is -0.493 e. The van der Waals surface area contributed by atoms with Crippen LogP contribution in [0.5, 0.6) is 23.0 Å². The summed E-state index contributed by atoms with van der Waals surface area (Å²) in [5.41, 5.74) is 5.73. The van der Waals surface area contributed by atoms with Crippen molar-refractivity contribution in [3.63, 3.8) is 0 Å². The monoisotopic (exact) mass is 1840 g/mol. The van der Waals surface area contributed by atoms with Crippen molar-refractivity contribution in [2.24, 2.45) is 0 Å². The van der Waals surface area contributed by atoms with Gasteiger partial charge >= 0.3 is 0 Å². The quantitative estimate of drug-likeness (QED) is 0.0160. The van der Waals surface area contributed by atoms with E-state index in [-0.39, 0.29) is 35.7 Å². The number of carbonyl (C=O) groups is 4. The molecule has 0 spiro atoms. The van der Waals surface area contributed by atoms with E-state index in [1.165, 1.54) is 178 Å². The number of amides is 4. The molecule has 4 amide bonds. The summed E-state index contributed by atoms with van der Waals surface area (Å²) < 4.78 is 29.3. The summed E-state index contributed by atoms with van der Waals surface area (Å²) >= 11 is 0. The summed E-state index contributed by atoms with van der Waals surface area (Å²) in [5, 5.41) is 30.5. The molecule has 10 nitrogen and oxygen atoms in total. The minimum absolute atomic E-state index is 0.194. The van der Waals surface area contributed by atoms with Crippen LogP contribution in [0, 0.1) is 6.92 Å². The van der Waals surface area contributed by atoms with Gasteiger partial charge in [0, 0.05) is 55.2 Å². The number of fused-ring (bicyclic) bond motifs is 8. The Balaban J connectivity index is 0.799. The maximum absolute atomic E-state index is 16.1. The van der Waals surface area contributed by atoms with Crippen molar-refractivity contribution in [2.75, 3.05) is 26.4 Å². The second kappa shape index (κ2) is 45.3. The summed E-state index contributed by atoms with van der Waals surface area (Å²) in [6, 6.07) is 48.0. The van der Waals surface area contributed by atoms with Crippen LogP contribution in [0.1, 0.15) is 411 Å². The molecule has 0 aliphatic carbocycles. The third-order valence-corrected chi connectivity index (χ3v) is 32.0. The van der Waals surface area contributed by atoms with Gasteiger partial charge in [-0.2, -0.15) is 0 Å². The molecule has 0 saturated carbocycles. The van der Waals surface area contributed by atoms with Crippen LogP contribution in [0.3, 0.4) is 0 Å². The predicted octanol–water partition coefficient (Wildman–Crippen LogP) is 37.9. The smallest absolute Gasteiger partial charge is 0.261 e. The SMILES string of the molecule is CCCCCCCCOc1cc2c3c(cc(OCCCCCCCC)c4c5ccc(-c6ccc7c8ccc9c%10ccc%11c%12c(OCCCCCCCC)cc%13c%14c(cc(OCCCCCCCC)c(c%15ccc(c%16ccc(c%17cccc6c%177)c8c%169)c%10c%15%11)c%14%12)C(=O)N(C(CCCCCCC)CCCCCCC)C%13=O)c6c(C)ccc(c1c34)c65)C(=O)N(C(CCCCCCC)CCCCCCC)C2=O. The topological polar surface area (TPSA) is 112 Å². The molecule has 0 bridgehead atoms. The molecular weight excluding hydrogens is 1680 g/mol. The lowest BCUT2D eigenvalue weighted by Crippen LogP contribution is -2.47. The van der Waals surface area contributed by atoms with E-state index in [0.29, 0.717) is 71.7 Å². The molecule has 0 N–H and O–H groups in total. The first kappa shape index (κ1) is 96.9. The van der Waals surface area contributed by atoms with Gasteiger partial charge in [0.25, 0.3) is 23.6 Å². The molecule has 0 unspecified atom stereocenters. The second-order valence-electron chi connectivity index (χ2n) is 41.6. The van der Waals surface area contributed by atoms with Gasteiger partial charge in [-0.3, -0.25) is 29.0 Å². The van der Waals surface area contributed by atoms with Crippen LogP contribution >= 0.6 is 0 Å². The summed E-state index contributed by atoms with van der Waals surface area (Å²) in [5.74, 6) is 2.04. The predicted molar refractivity (Wildman–Crippen MR) is 584 cm³/mol. The molecule has 16 aromatic rings. The zero-order chi connectivity index (χ0) is 94.6. The van der Waals surface area contributed by atoms with Gasteiger partial charge in [-0.05, 0) is 207 Å². The van der Waals surface area contributed by atoms with E-state index >= 15 is 19.2 Å². The van der Waals surface area contributed by atoms with Gasteiger partial charge in [-0.1, -0.05) is 415 Å². The number of benzene rings is 16. The molecular formula is C127H154N2O8. The fourth-order valence-electron chi connectivity index (χ4n) is 24.9. The normalized spacial score (nSPS) is 13.4. The third-order valence-electron chi connectivity index (χ3n) is 32.0. The number of rotatable bonds is 59. The highest BCUT2D eigenvalue weighted by Gasteiger charge is 2.43. The fourth-order valence-corrected chi connectivity index (χ4v) is 24.9. The second-order valence-corrected chi connectivity index (χ2v) is 41.6. The largest absolute Gasteiger partial charge is 0.493 e. The molecule has 0 saturated heterocycles. The van der Waals surface area contributed by atoms with Crippen molar-refractivity contribution in [3.8, 4) is 34.1 Å². The Labute approximate surface area is 815 Å². The number of unbranched alkanes of at least 4 members (excludes halogenated alkanes) is 36. The van der Waals surface area contributed by atoms with E-state index in [0.717, 1.165) is 298 Å². The Bertz CT molecular complexity index is 6640. The zero-order valence-electron chi connectivity index (χ0n) is 84.7. The molecule has 16 aromatic carbocycles. The first-order chi connectivity index (χ1) is 67.4. The molecule has 2 aliphatic heterocycles. The summed E-state index contributed by atoms with van der Waals surface area (Å²) in [4.78, 5) is 67.9. The van der Waals surface area contributed by atoms with Crippen molar-refractivity contribution in [2.45, 2.75) is 383 Å². The zero-order valence-corrected chi connectivity index (χ0v) is 84.7. The number of hydrogen-bond donors (Lipinski definition) is 0. The Morgan fingerprint density at radius 3 is 0.737 bits per heavy atom. The van der Waals surface area contributed by atoms with Crippen molar-refractivity contribution >= 4 is 174 Å². The highest BCUT2D eigenvalue weighted by Crippen LogP contribution is 2.58. The average Bonchev–Trinajstić information content (AvgIpc) is 0.678. The Morgan fingerprint density at radius 2 is 0.423 bits per heavy atom. The molecule has 0 radical (unpaired) electrons. The summed E-state index contributed by atoms with van der Waals surface area (Å²) in [7, 11) is 0. The van der Waals surface area contributed by atoms with Gasteiger partial charge in [0.1, 0.15) is 23.0 Å². The maximum atomic E-state index is 16.1. The van der Waals surface area contributed by atoms with Crippen LogP contribution in [-0.4, -0.2) is 71.9 Å². The number of nitrogens with zero attached hydrogens (tertiary/aromatic N) is 2. The van der Waals surface area contributed by atoms with Gasteiger partial charge in [-0.25, -0.2) is 0 Å². The molecule has 10 heteroatoms. The van der Waals surface area contributed by atoms with Gasteiger partial charge in [0.05, 0.1) is 48.7 Å². The first-order valence-corrected chi connectivity index (χ1v) is 55.4. The molecule has 0 fully saturated rings. The van der Waals surface area contributed by atoms with E-state index in [2.05, 4.69) is 190 Å². The van der Waals surface area contributed by atoms with E-state index in [1.54, 1.807) is 9.80 Å². The Morgan fingerprint density at radius 1 is 0.197 bits per heavy atom. The van der Waals surface area contributed by atoms with Gasteiger partial charge < -0.3 is 18.9 Å². The lowest BCUT2D eigenvalue weighted by Gasteiger charge is -2.35.